The van der Waals surface area contributed by atoms with E-state index >= 15 is 0 Å². The van der Waals surface area contributed by atoms with E-state index < -0.39 is 54.0 Å². The minimum atomic E-state index is -5.73. The van der Waals surface area contributed by atoms with Gasteiger partial charge in [0.05, 0.1) is 12.3 Å². The van der Waals surface area contributed by atoms with Gasteiger partial charge in [0.25, 0.3) is 0 Å². The third kappa shape index (κ3) is 5.42. The first-order valence-electron chi connectivity index (χ1n) is 8.65. The Morgan fingerprint density at radius 3 is 2.45 bits per heavy atom. The van der Waals surface area contributed by atoms with Gasteiger partial charge in [-0.25, -0.2) is 23.2 Å². The number of anilines is 1. The van der Waals surface area contributed by atoms with Crippen LogP contribution in [0.25, 0.3) is 5.52 Å². The highest BCUT2D eigenvalue weighted by Crippen LogP contribution is 2.66. The predicted molar refractivity (Wildman–Crippen MR) is 106 cm³/mol. The fourth-order valence-electron chi connectivity index (χ4n) is 3.18. The van der Waals surface area contributed by atoms with Gasteiger partial charge in [-0.1, -0.05) is 12.7 Å². The normalized spacial score (nSPS) is 29.6. The molecule has 0 saturated carbocycles. The molecule has 8 N–H and O–H groups in total. The molecule has 1 aliphatic heterocycles. The number of nitrogen functional groups attached to an aromatic ring is 1. The summed E-state index contributed by atoms with van der Waals surface area (Å²) < 4.78 is 52.6. The lowest BCUT2D eigenvalue weighted by molar-refractivity contribution is -0.0683. The third-order valence-electron chi connectivity index (χ3n) is 4.49. The van der Waals surface area contributed by atoms with Gasteiger partial charge in [0, 0.05) is 0 Å². The molecule has 2 aromatic rings. The molecule has 184 valence electrons. The summed E-state index contributed by atoms with van der Waals surface area (Å²) in [7, 11) is -16.8. The lowest BCUT2D eigenvalue weighted by Gasteiger charge is -2.28. The van der Waals surface area contributed by atoms with Gasteiger partial charge in [-0.2, -0.15) is 13.7 Å². The summed E-state index contributed by atoms with van der Waals surface area (Å²) in [5.41, 5.74) is 4.48. The molecule has 20 heteroatoms. The Balaban J connectivity index is 1.80. The number of nitrogens with zero attached hydrogens (tertiary/aromatic N) is 3. The van der Waals surface area contributed by atoms with Crippen LogP contribution in [-0.4, -0.2) is 69.3 Å². The zero-order valence-electron chi connectivity index (χ0n) is 16.3. The third-order valence-corrected chi connectivity index (χ3v) is 8.30. The molecule has 1 aliphatic rings. The average Bonchev–Trinajstić information content (AvgIpc) is 3.20. The minimum Gasteiger partial charge on any atom is -0.387 e. The first-order valence-corrected chi connectivity index (χ1v) is 13.2. The van der Waals surface area contributed by atoms with Gasteiger partial charge in [0.2, 0.25) is 0 Å². The van der Waals surface area contributed by atoms with E-state index in [-0.39, 0.29) is 11.5 Å². The van der Waals surface area contributed by atoms with Crippen molar-refractivity contribution < 1.29 is 61.4 Å². The molecule has 0 bridgehead atoms. The number of nitrogens with two attached hydrogens (primary N) is 1. The zero-order chi connectivity index (χ0) is 24.8. The van der Waals surface area contributed by atoms with Crippen LogP contribution in [0.2, 0.25) is 0 Å². The molecule has 33 heavy (non-hydrogen) atoms. The minimum absolute atomic E-state index is 0.104. The fraction of sp³-hybridized carbons (Fsp3) is 0.385. The monoisotopic (exact) mass is 532 g/mol. The molecule has 2 aromatic heterocycles. The van der Waals surface area contributed by atoms with Crippen molar-refractivity contribution in [3.8, 4) is 0 Å². The molecule has 1 saturated heterocycles. The first-order chi connectivity index (χ1) is 15.1. The van der Waals surface area contributed by atoms with Crippen molar-refractivity contribution in [3.63, 3.8) is 0 Å². The Bertz CT molecular complexity index is 1200. The number of hydrogen-bond acceptors (Lipinski definition) is 12. The van der Waals surface area contributed by atoms with Crippen molar-refractivity contribution in [2.45, 2.75) is 23.9 Å². The Morgan fingerprint density at radius 2 is 1.85 bits per heavy atom. The summed E-state index contributed by atoms with van der Waals surface area (Å²) in [6.45, 7) is 2.61. The Morgan fingerprint density at radius 1 is 1.18 bits per heavy atom. The molecule has 3 rings (SSSR count). The summed E-state index contributed by atoms with van der Waals surface area (Å²) in [5, 5.41) is 25.1. The topological polar surface area (TPSA) is 266 Å². The summed E-state index contributed by atoms with van der Waals surface area (Å²) in [6, 6.07) is 2.97. The largest absolute Gasteiger partial charge is 0.490 e. The van der Waals surface area contributed by atoms with Gasteiger partial charge >= 0.3 is 23.5 Å². The lowest BCUT2D eigenvalue weighted by atomic mass is 9.91. The van der Waals surface area contributed by atoms with E-state index in [0.29, 0.717) is 5.52 Å². The maximum Gasteiger partial charge on any atom is 0.490 e. The van der Waals surface area contributed by atoms with Crippen molar-refractivity contribution in [1.29, 1.82) is 0 Å². The number of hydrogen-bond donors (Lipinski definition) is 7. The van der Waals surface area contributed by atoms with Crippen LogP contribution in [-0.2, 0) is 37.2 Å². The van der Waals surface area contributed by atoms with Gasteiger partial charge < -0.3 is 40.3 Å². The predicted octanol–water partition coefficient (Wildman–Crippen LogP) is -0.843. The van der Waals surface area contributed by atoms with Gasteiger partial charge in [0.15, 0.2) is 11.4 Å². The molecule has 2 unspecified atom stereocenters. The van der Waals surface area contributed by atoms with E-state index in [1.807, 2.05) is 0 Å². The highest BCUT2D eigenvalue weighted by molar-refractivity contribution is 7.66. The van der Waals surface area contributed by atoms with E-state index in [1.54, 1.807) is 0 Å². The number of aromatic nitrogens is 3. The van der Waals surface area contributed by atoms with E-state index in [1.165, 1.54) is 16.6 Å². The molecular formula is C13H19N4O13P3. The highest BCUT2D eigenvalue weighted by Gasteiger charge is 2.55. The molecule has 0 spiro atoms. The van der Waals surface area contributed by atoms with Crippen LogP contribution >= 0.6 is 23.5 Å². The maximum atomic E-state index is 11.9. The number of aliphatic hydroxyl groups is 2. The zero-order valence-corrected chi connectivity index (χ0v) is 18.9. The second kappa shape index (κ2) is 8.91. The van der Waals surface area contributed by atoms with Crippen LogP contribution in [0, 0.1) is 0 Å². The summed E-state index contributed by atoms with van der Waals surface area (Å²) >= 11 is 0. The summed E-state index contributed by atoms with van der Waals surface area (Å²) in [5.74, 6) is 0.104. The highest BCUT2D eigenvalue weighted by atomic mass is 31.3. The van der Waals surface area contributed by atoms with Gasteiger partial charge in [-0.3, -0.25) is 4.52 Å². The van der Waals surface area contributed by atoms with Crippen molar-refractivity contribution in [1.82, 2.24) is 14.6 Å². The molecule has 17 nitrogen and oxygen atoms in total. The molecule has 0 radical (unpaired) electrons. The van der Waals surface area contributed by atoms with E-state index in [0.717, 1.165) is 12.4 Å². The lowest BCUT2D eigenvalue weighted by Crippen LogP contribution is -2.40. The van der Waals surface area contributed by atoms with Gasteiger partial charge in [0.1, 0.15) is 30.2 Å². The van der Waals surface area contributed by atoms with Crippen LogP contribution in [0.15, 0.2) is 31.1 Å². The molecule has 3 heterocycles. The van der Waals surface area contributed by atoms with Crippen LogP contribution < -0.4 is 5.73 Å². The molecule has 0 amide bonds. The number of phosphoric acid groups is 3. The van der Waals surface area contributed by atoms with E-state index in [2.05, 4.69) is 29.8 Å². The smallest absolute Gasteiger partial charge is 0.387 e. The summed E-state index contributed by atoms with van der Waals surface area (Å²) in [4.78, 5) is 39.7. The van der Waals surface area contributed by atoms with Crippen LogP contribution in [0.4, 0.5) is 5.82 Å². The van der Waals surface area contributed by atoms with Gasteiger partial charge in [-0.15, -0.1) is 0 Å². The summed E-state index contributed by atoms with van der Waals surface area (Å²) in [6.07, 6.45) is -2.68. The van der Waals surface area contributed by atoms with E-state index in [9.17, 15) is 33.7 Å². The van der Waals surface area contributed by atoms with Gasteiger partial charge in [-0.05, 0) is 12.1 Å². The number of ether oxygens (including phenoxy) is 1. The van der Waals surface area contributed by atoms with Crippen molar-refractivity contribution in [2.75, 3.05) is 12.3 Å². The molecule has 6 atom stereocenters. The van der Waals surface area contributed by atoms with E-state index in [4.69, 9.17) is 20.3 Å². The number of phosphoric ester groups is 1. The Labute approximate surface area is 184 Å². The molecule has 1 fully saturated rings. The van der Waals surface area contributed by atoms with Crippen molar-refractivity contribution in [2.24, 2.45) is 0 Å². The van der Waals surface area contributed by atoms with Crippen LogP contribution in [0.3, 0.4) is 0 Å². The maximum absolute atomic E-state index is 11.9. The number of fused-ring (bicyclic) bond motifs is 1. The van der Waals surface area contributed by atoms with Crippen LogP contribution in [0.5, 0.6) is 0 Å². The second-order valence-corrected chi connectivity index (χ2v) is 11.1. The Kier molecular flexibility index (Phi) is 7.03. The SMILES string of the molecule is C=C[C@@]1(c2ccc3c(N)ncnn23)O[C@H](COP(=O)(O)OP(=O)(O)OP(=O)(O)O)[C@@H](O)[C@H]1O. The quantitative estimate of drug-likeness (QED) is 0.153. The average molecular weight is 532 g/mol. The van der Waals surface area contributed by atoms with Crippen LogP contribution in [0.1, 0.15) is 5.69 Å². The fourth-order valence-corrected chi connectivity index (χ4v) is 6.21. The Hall–Kier alpha value is -1.55. The molecule has 0 aliphatic carbocycles. The first kappa shape index (κ1) is 26.1. The second-order valence-electron chi connectivity index (χ2n) is 6.64. The molecular weight excluding hydrogens is 513 g/mol. The number of rotatable bonds is 9. The standard InChI is InChI=1S/C13H19N4O13P3/c1-2-13(9-4-3-7-12(14)15-6-16-17(7)9)11(19)10(18)8(28-13)5-27-32(23,24)30-33(25,26)29-31(20,21)22/h2-4,6,8,10-11,18-19H,1,5H2,(H,23,24)(H,25,26)(H2,14,15,16)(H2,20,21,22)/t8-,10-,11-,13+/m1/s1. The molecule has 0 aromatic carbocycles. The number of aliphatic hydroxyl groups excluding tert-OH is 2. The van der Waals surface area contributed by atoms with Crippen molar-refractivity contribution >= 4 is 34.8 Å². The van der Waals surface area contributed by atoms with Crippen molar-refractivity contribution in [3.05, 3.63) is 36.8 Å².